The summed E-state index contributed by atoms with van der Waals surface area (Å²) in [6.07, 6.45) is 0. The highest BCUT2D eigenvalue weighted by Crippen LogP contribution is 2.03. The van der Waals surface area contributed by atoms with Crippen molar-refractivity contribution in [2.24, 2.45) is 0 Å². The molecule has 0 rings (SSSR count). The van der Waals surface area contributed by atoms with E-state index in [-0.39, 0.29) is 17.0 Å². The van der Waals surface area contributed by atoms with Crippen LogP contribution in [0.5, 0.6) is 0 Å². The SMILES string of the molecule is CC#N.CC[N+](CC)(CC)CC.[Br-]. The molecule has 0 spiro atoms. The summed E-state index contributed by atoms with van der Waals surface area (Å²) in [5.74, 6) is 0. The van der Waals surface area contributed by atoms with Gasteiger partial charge in [-0.05, 0) is 27.7 Å². The Morgan fingerprint density at radius 2 is 1.08 bits per heavy atom. The minimum atomic E-state index is 0. The molecule has 0 saturated carbocycles. The third-order valence-electron chi connectivity index (χ3n) is 2.68. The van der Waals surface area contributed by atoms with E-state index in [0.717, 1.165) is 0 Å². The first-order valence-electron chi connectivity index (χ1n) is 4.82. The minimum Gasteiger partial charge on any atom is -1.00 e. The molecule has 0 saturated heterocycles. The van der Waals surface area contributed by atoms with E-state index in [4.69, 9.17) is 5.26 Å². The number of rotatable bonds is 4. The zero-order valence-electron chi connectivity index (χ0n) is 9.60. The number of quaternary nitrogens is 1. The summed E-state index contributed by atoms with van der Waals surface area (Å²) < 4.78 is 1.28. The Morgan fingerprint density at radius 3 is 1.08 bits per heavy atom. The Morgan fingerprint density at radius 1 is 0.923 bits per heavy atom. The maximum absolute atomic E-state index is 7.32. The van der Waals surface area contributed by atoms with Crippen molar-refractivity contribution in [3.05, 3.63) is 0 Å². The molecule has 0 aromatic heterocycles. The fourth-order valence-electron chi connectivity index (χ4n) is 1.34. The molecule has 0 aromatic rings. The fraction of sp³-hybridized carbons (Fsp3) is 0.900. The molecule has 0 aliphatic rings. The molecule has 0 N–H and O–H groups in total. The second kappa shape index (κ2) is 11.9. The fourth-order valence-corrected chi connectivity index (χ4v) is 1.34. The molecule has 0 heterocycles. The van der Waals surface area contributed by atoms with Crippen LogP contribution in [0.2, 0.25) is 0 Å². The second-order valence-corrected chi connectivity index (χ2v) is 2.83. The first kappa shape index (κ1) is 18.7. The van der Waals surface area contributed by atoms with Crippen molar-refractivity contribution in [3.63, 3.8) is 0 Å². The molecule has 0 amide bonds. The van der Waals surface area contributed by atoms with Crippen LogP contribution in [0, 0.1) is 11.3 Å². The van der Waals surface area contributed by atoms with Gasteiger partial charge in [-0.25, -0.2) is 0 Å². The van der Waals surface area contributed by atoms with Crippen molar-refractivity contribution in [3.8, 4) is 6.07 Å². The summed E-state index contributed by atoms with van der Waals surface area (Å²) in [5.41, 5.74) is 0. The zero-order chi connectivity index (χ0) is 10.0. The van der Waals surface area contributed by atoms with E-state index in [9.17, 15) is 0 Å². The van der Waals surface area contributed by atoms with Crippen LogP contribution in [0.3, 0.4) is 0 Å². The first-order valence-corrected chi connectivity index (χ1v) is 4.82. The Kier molecular flexibility index (Phi) is 17.1. The molecule has 80 valence electrons. The van der Waals surface area contributed by atoms with Gasteiger partial charge in [-0.3, -0.25) is 0 Å². The smallest absolute Gasteiger partial charge is 0.0757 e. The largest absolute Gasteiger partial charge is 1.00 e. The first-order chi connectivity index (χ1) is 5.66. The van der Waals surface area contributed by atoms with Crippen molar-refractivity contribution < 1.29 is 21.5 Å². The van der Waals surface area contributed by atoms with Gasteiger partial charge in [0.05, 0.1) is 32.2 Å². The van der Waals surface area contributed by atoms with E-state index < -0.39 is 0 Å². The van der Waals surface area contributed by atoms with Crippen LogP contribution < -0.4 is 17.0 Å². The molecule has 0 fully saturated rings. The van der Waals surface area contributed by atoms with Crippen LogP contribution in [-0.2, 0) is 0 Å². The summed E-state index contributed by atoms with van der Waals surface area (Å²) >= 11 is 0. The maximum Gasteiger partial charge on any atom is 0.0757 e. The van der Waals surface area contributed by atoms with Crippen LogP contribution in [-0.4, -0.2) is 30.7 Å². The van der Waals surface area contributed by atoms with E-state index in [0.29, 0.717) is 0 Å². The minimum absolute atomic E-state index is 0. The van der Waals surface area contributed by atoms with Crippen molar-refractivity contribution in [2.75, 3.05) is 26.2 Å². The molecule has 13 heavy (non-hydrogen) atoms. The number of hydrogen-bond donors (Lipinski definition) is 0. The number of halogens is 1. The van der Waals surface area contributed by atoms with Gasteiger partial charge in [0, 0.05) is 6.92 Å². The lowest BCUT2D eigenvalue weighted by Crippen LogP contribution is -3.00. The van der Waals surface area contributed by atoms with Gasteiger partial charge in [0.2, 0.25) is 0 Å². The average Bonchev–Trinajstić information content (AvgIpc) is 2.11. The zero-order valence-corrected chi connectivity index (χ0v) is 11.2. The van der Waals surface area contributed by atoms with Gasteiger partial charge in [-0.1, -0.05) is 0 Å². The van der Waals surface area contributed by atoms with Gasteiger partial charge >= 0.3 is 0 Å². The number of hydrogen-bond acceptors (Lipinski definition) is 1. The topological polar surface area (TPSA) is 23.8 Å². The van der Waals surface area contributed by atoms with Crippen molar-refractivity contribution >= 4 is 0 Å². The molecule has 0 unspecified atom stereocenters. The van der Waals surface area contributed by atoms with Gasteiger partial charge in [0.15, 0.2) is 0 Å². The van der Waals surface area contributed by atoms with Crippen LogP contribution in [0.15, 0.2) is 0 Å². The predicted octanol–water partition coefficient (Wildman–Crippen LogP) is -0.583. The molecule has 0 aromatic carbocycles. The number of nitrogens with zero attached hydrogens (tertiary/aromatic N) is 2. The van der Waals surface area contributed by atoms with Crippen LogP contribution in [0.4, 0.5) is 0 Å². The third kappa shape index (κ3) is 8.27. The quantitative estimate of drug-likeness (QED) is 0.613. The lowest BCUT2D eigenvalue weighted by Gasteiger charge is -2.34. The van der Waals surface area contributed by atoms with Gasteiger partial charge in [0.1, 0.15) is 0 Å². The van der Waals surface area contributed by atoms with Crippen molar-refractivity contribution in [2.45, 2.75) is 34.6 Å². The third-order valence-corrected chi connectivity index (χ3v) is 2.68. The van der Waals surface area contributed by atoms with Crippen molar-refractivity contribution in [1.29, 1.82) is 5.26 Å². The molecule has 0 bridgehead atoms. The van der Waals surface area contributed by atoms with Gasteiger partial charge < -0.3 is 21.5 Å². The summed E-state index contributed by atoms with van der Waals surface area (Å²) in [4.78, 5) is 0. The van der Waals surface area contributed by atoms with Gasteiger partial charge in [-0.15, -0.1) is 0 Å². The standard InChI is InChI=1S/C8H20N.C2H3N.BrH/c1-5-9(6-2,7-3)8-4;1-2-3;/h5-8H2,1-4H3;1H3;1H/q+1;;/p-1. The van der Waals surface area contributed by atoms with E-state index >= 15 is 0 Å². The summed E-state index contributed by atoms with van der Waals surface area (Å²) in [7, 11) is 0. The molecule has 2 nitrogen and oxygen atoms in total. The average molecular weight is 251 g/mol. The Hall–Kier alpha value is -0.0700. The number of nitriles is 1. The highest BCUT2D eigenvalue weighted by molar-refractivity contribution is 4.51. The van der Waals surface area contributed by atoms with Gasteiger partial charge in [0.25, 0.3) is 0 Å². The highest BCUT2D eigenvalue weighted by atomic mass is 79.9. The summed E-state index contributed by atoms with van der Waals surface area (Å²) in [5, 5.41) is 7.32. The summed E-state index contributed by atoms with van der Waals surface area (Å²) in [6, 6.07) is 1.75. The van der Waals surface area contributed by atoms with E-state index in [2.05, 4.69) is 27.7 Å². The Labute approximate surface area is 93.9 Å². The van der Waals surface area contributed by atoms with E-state index in [1.165, 1.54) is 37.6 Å². The monoisotopic (exact) mass is 250 g/mol. The Bertz CT molecular complexity index is 108. The molecule has 0 radical (unpaired) electrons. The van der Waals surface area contributed by atoms with Crippen molar-refractivity contribution in [1.82, 2.24) is 0 Å². The lowest BCUT2D eigenvalue weighted by molar-refractivity contribution is -0.921. The second-order valence-electron chi connectivity index (χ2n) is 2.83. The predicted molar refractivity (Wildman–Crippen MR) is 53.7 cm³/mol. The van der Waals surface area contributed by atoms with Crippen LogP contribution in [0.25, 0.3) is 0 Å². The molecule has 0 atom stereocenters. The highest BCUT2D eigenvalue weighted by Gasteiger charge is 2.16. The van der Waals surface area contributed by atoms with Gasteiger partial charge in [-0.2, -0.15) is 5.26 Å². The normalized spacial score (nSPS) is 8.92. The molecule has 3 heteroatoms. The molecule has 0 aliphatic heterocycles. The van der Waals surface area contributed by atoms with E-state index in [1.54, 1.807) is 6.07 Å². The lowest BCUT2D eigenvalue weighted by atomic mass is 10.3. The van der Waals surface area contributed by atoms with E-state index in [1.807, 2.05) is 0 Å². The van der Waals surface area contributed by atoms with Crippen LogP contribution in [0.1, 0.15) is 34.6 Å². The maximum atomic E-state index is 7.32. The summed E-state index contributed by atoms with van der Waals surface area (Å²) in [6.45, 7) is 15.7. The molecular formula is C10H23BrN2. The Balaban J connectivity index is -0.000000220. The molecule has 0 aliphatic carbocycles. The van der Waals surface area contributed by atoms with Crippen LogP contribution >= 0.6 is 0 Å². The molecular weight excluding hydrogens is 228 g/mol.